The van der Waals surface area contributed by atoms with Crippen LogP contribution in [0.5, 0.6) is 0 Å². The van der Waals surface area contributed by atoms with E-state index in [0.717, 1.165) is 75.5 Å². The van der Waals surface area contributed by atoms with Gasteiger partial charge in [-0.1, -0.05) is 247 Å². The lowest BCUT2D eigenvalue weighted by molar-refractivity contribution is -0.167. The SMILES string of the molecule is CC(C)CCCCCCCCCCCCCCC(=O)OC[C@@H](COC(=O)CCCCCCCCCCCCCC(C)C)OC(=O)CCCCCCCCCCCC(C)C. The van der Waals surface area contributed by atoms with E-state index in [9.17, 15) is 14.4 Å². The van der Waals surface area contributed by atoms with Crippen LogP contribution in [0.2, 0.25) is 0 Å². The second-order valence-corrected chi connectivity index (χ2v) is 19.6. The van der Waals surface area contributed by atoms with Crippen molar-refractivity contribution in [1.82, 2.24) is 0 Å². The molecule has 0 N–H and O–H groups in total. The summed E-state index contributed by atoms with van der Waals surface area (Å²) in [6, 6.07) is 0. The van der Waals surface area contributed by atoms with Crippen molar-refractivity contribution in [2.75, 3.05) is 13.2 Å². The molecule has 0 amide bonds. The largest absolute Gasteiger partial charge is 0.462 e. The van der Waals surface area contributed by atoms with Crippen molar-refractivity contribution < 1.29 is 28.6 Å². The molecule has 0 fully saturated rings. The molecule has 0 rings (SSSR count). The van der Waals surface area contributed by atoms with E-state index in [4.69, 9.17) is 14.2 Å². The van der Waals surface area contributed by atoms with Crippen LogP contribution >= 0.6 is 0 Å². The first-order valence-electron chi connectivity index (χ1n) is 26.1. The van der Waals surface area contributed by atoms with Gasteiger partial charge in [0.25, 0.3) is 0 Å². The molecule has 0 aliphatic carbocycles. The van der Waals surface area contributed by atoms with Crippen LogP contribution < -0.4 is 0 Å². The zero-order valence-corrected chi connectivity index (χ0v) is 40.5. The van der Waals surface area contributed by atoms with Crippen LogP contribution in [0.3, 0.4) is 0 Å². The van der Waals surface area contributed by atoms with Gasteiger partial charge in [0.1, 0.15) is 13.2 Å². The van der Waals surface area contributed by atoms with Crippen LogP contribution in [0, 0.1) is 17.8 Å². The minimum atomic E-state index is -0.763. The van der Waals surface area contributed by atoms with Gasteiger partial charge in [-0.25, -0.2) is 0 Å². The Morgan fingerprint density at radius 1 is 0.288 bits per heavy atom. The number of carbonyl (C=O) groups excluding carboxylic acids is 3. The van der Waals surface area contributed by atoms with Crippen LogP contribution in [-0.2, 0) is 28.6 Å². The smallest absolute Gasteiger partial charge is 0.306 e. The van der Waals surface area contributed by atoms with Crippen molar-refractivity contribution >= 4 is 17.9 Å². The molecule has 0 aromatic carbocycles. The Morgan fingerprint density at radius 3 is 0.729 bits per heavy atom. The first-order valence-corrected chi connectivity index (χ1v) is 26.1. The highest BCUT2D eigenvalue weighted by Gasteiger charge is 2.19. The molecule has 59 heavy (non-hydrogen) atoms. The topological polar surface area (TPSA) is 78.9 Å². The first kappa shape index (κ1) is 57.4. The lowest BCUT2D eigenvalue weighted by Gasteiger charge is -2.18. The predicted octanol–water partition coefficient (Wildman–Crippen LogP) is 16.8. The quantitative estimate of drug-likeness (QED) is 0.0345. The van der Waals surface area contributed by atoms with Gasteiger partial charge >= 0.3 is 17.9 Å². The predicted molar refractivity (Wildman–Crippen MR) is 252 cm³/mol. The molecule has 0 radical (unpaired) electrons. The number of rotatable bonds is 46. The molecule has 0 bridgehead atoms. The van der Waals surface area contributed by atoms with Gasteiger partial charge in [0.05, 0.1) is 0 Å². The minimum absolute atomic E-state index is 0.0648. The number of ether oxygens (including phenoxy) is 3. The lowest BCUT2D eigenvalue weighted by Crippen LogP contribution is -2.30. The van der Waals surface area contributed by atoms with Gasteiger partial charge in [-0.3, -0.25) is 14.4 Å². The first-order chi connectivity index (χ1) is 28.6. The average molecular weight is 835 g/mol. The fraction of sp³-hybridized carbons (Fsp3) is 0.943. The van der Waals surface area contributed by atoms with Crippen molar-refractivity contribution in [2.45, 2.75) is 292 Å². The summed E-state index contributed by atoms with van der Waals surface area (Å²) in [7, 11) is 0. The van der Waals surface area contributed by atoms with Gasteiger partial charge < -0.3 is 14.2 Å². The third-order valence-electron chi connectivity index (χ3n) is 11.9. The van der Waals surface area contributed by atoms with E-state index in [1.807, 2.05) is 0 Å². The maximum absolute atomic E-state index is 12.8. The Morgan fingerprint density at radius 2 is 0.492 bits per heavy atom. The fourth-order valence-electron chi connectivity index (χ4n) is 7.94. The van der Waals surface area contributed by atoms with Crippen molar-refractivity contribution in [3.05, 3.63) is 0 Å². The summed E-state index contributed by atoms with van der Waals surface area (Å²) in [4.78, 5) is 38.0. The van der Waals surface area contributed by atoms with Crippen molar-refractivity contribution in [2.24, 2.45) is 17.8 Å². The molecule has 0 aromatic rings. The minimum Gasteiger partial charge on any atom is -0.462 e. The van der Waals surface area contributed by atoms with E-state index in [1.54, 1.807) is 0 Å². The van der Waals surface area contributed by atoms with Crippen LogP contribution in [0.15, 0.2) is 0 Å². The molecule has 350 valence electrons. The molecule has 6 nitrogen and oxygen atoms in total. The summed E-state index contributed by atoms with van der Waals surface area (Å²) >= 11 is 0. The van der Waals surface area contributed by atoms with Crippen LogP contribution in [0.4, 0.5) is 0 Å². The third kappa shape index (κ3) is 47.3. The van der Waals surface area contributed by atoms with Gasteiger partial charge in [-0.2, -0.15) is 0 Å². The normalized spacial score (nSPS) is 12.2. The van der Waals surface area contributed by atoms with E-state index >= 15 is 0 Å². The monoisotopic (exact) mass is 835 g/mol. The van der Waals surface area contributed by atoms with Gasteiger partial charge in [-0.15, -0.1) is 0 Å². The number of carbonyl (C=O) groups is 3. The van der Waals surface area contributed by atoms with Crippen LogP contribution in [0.25, 0.3) is 0 Å². The fourth-order valence-corrected chi connectivity index (χ4v) is 7.94. The number of hydrogen-bond donors (Lipinski definition) is 0. The number of unbranched alkanes of at least 4 members (excludes halogenated alkanes) is 29. The number of esters is 3. The highest BCUT2D eigenvalue weighted by molar-refractivity contribution is 5.71. The Balaban J connectivity index is 4.31. The lowest BCUT2D eigenvalue weighted by atomic mass is 10.0. The Bertz CT molecular complexity index is 914. The molecule has 0 aromatic heterocycles. The molecule has 0 spiro atoms. The third-order valence-corrected chi connectivity index (χ3v) is 11.9. The van der Waals surface area contributed by atoms with Crippen LogP contribution in [0.1, 0.15) is 286 Å². The maximum Gasteiger partial charge on any atom is 0.306 e. The van der Waals surface area contributed by atoms with Crippen molar-refractivity contribution in [3.8, 4) is 0 Å². The van der Waals surface area contributed by atoms with Crippen molar-refractivity contribution in [1.29, 1.82) is 0 Å². The standard InChI is InChI=1S/C53H102O6/c1-47(2)39-33-27-21-15-10-7-8-12-18-24-30-36-42-51(54)57-45-50(59-53(56)44-38-32-26-20-14-17-23-29-35-41-49(5)6)46-58-52(55)43-37-31-25-19-13-9-11-16-22-28-34-40-48(3)4/h47-50H,7-46H2,1-6H3/t50-/m0/s1. The number of hydrogen-bond acceptors (Lipinski definition) is 6. The van der Waals surface area contributed by atoms with Gasteiger partial charge in [0.2, 0.25) is 0 Å². The Hall–Kier alpha value is -1.59. The van der Waals surface area contributed by atoms with E-state index in [-0.39, 0.29) is 31.1 Å². The second kappa shape index (κ2) is 44.5. The summed E-state index contributed by atoms with van der Waals surface area (Å²) in [6.07, 6.45) is 43.8. The van der Waals surface area contributed by atoms with Gasteiger partial charge in [0, 0.05) is 19.3 Å². The summed E-state index contributed by atoms with van der Waals surface area (Å²) in [5.41, 5.74) is 0. The summed E-state index contributed by atoms with van der Waals surface area (Å²) in [6.45, 7) is 13.7. The molecule has 0 aliphatic heterocycles. The van der Waals surface area contributed by atoms with Gasteiger partial charge in [-0.05, 0) is 37.0 Å². The van der Waals surface area contributed by atoms with E-state index in [2.05, 4.69) is 41.5 Å². The summed E-state index contributed by atoms with van der Waals surface area (Å²) < 4.78 is 16.8. The Labute approximate surface area is 368 Å². The zero-order valence-electron chi connectivity index (χ0n) is 40.5. The van der Waals surface area contributed by atoms with Crippen molar-refractivity contribution in [3.63, 3.8) is 0 Å². The molecule has 1 atom stereocenters. The van der Waals surface area contributed by atoms with E-state index in [0.29, 0.717) is 19.3 Å². The molecular formula is C53H102O6. The molecule has 0 saturated heterocycles. The molecule has 0 heterocycles. The molecule has 0 saturated carbocycles. The Kier molecular flexibility index (Phi) is 43.3. The highest BCUT2D eigenvalue weighted by atomic mass is 16.6. The van der Waals surface area contributed by atoms with E-state index in [1.165, 1.54) is 167 Å². The van der Waals surface area contributed by atoms with E-state index < -0.39 is 6.10 Å². The summed E-state index contributed by atoms with van der Waals surface area (Å²) in [5, 5.41) is 0. The molecule has 0 aliphatic rings. The maximum atomic E-state index is 12.8. The molecular weight excluding hydrogens is 733 g/mol. The van der Waals surface area contributed by atoms with Gasteiger partial charge in [0.15, 0.2) is 6.10 Å². The van der Waals surface area contributed by atoms with Crippen LogP contribution in [-0.4, -0.2) is 37.2 Å². The highest BCUT2D eigenvalue weighted by Crippen LogP contribution is 2.18. The average Bonchev–Trinajstić information content (AvgIpc) is 3.19. The second-order valence-electron chi connectivity index (χ2n) is 19.6. The summed E-state index contributed by atoms with van der Waals surface area (Å²) in [5.74, 6) is 1.61. The molecule has 6 heteroatoms. The molecule has 0 unspecified atom stereocenters. The zero-order chi connectivity index (χ0) is 43.4.